The number of ether oxygens (including phenoxy) is 2. The van der Waals surface area contributed by atoms with Crippen molar-refractivity contribution < 1.29 is 19.1 Å². The fraction of sp³-hybridized carbons (Fsp3) is 0.385. The number of rotatable bonds is 3. The maximum Gasteiger partial charge on any atom is 0.414 e. The molecule has 0 radical (unpaired) electrons. The Morgan fingerprint density at radius 1 is 1.00 bits per heavy atom. The van der Waals surface area contributed by atoms with Gasteiger partial charge in [0.05, 0.1) is 0 Å². The van der Waals surface area contributed by atoms with Gasteiger partial charge < -0.3 is 19.3 Å². The highest BCUT2D eigenvalue weighted by atomic mass is 16.6. The maximum atomic E-state index is 11.5. The summed E-state index contributed by atoms with van der Waals surface area (Å²) in [6, 6.07) is 6.92. The Hall–Kier alpha value is -2.24. The molecule has 0 saturated heterocycles. The van der Waals surface area contributed by atoms with E-state index >= 15 is 0 Å². The largest absolute Gasteiger partial charge is 0.444 e. The van der Waals surface area contributed by atoms with E-state index in [1.807, 2.05) is 0 Å². The van der Waals surface area contributed by atoms with Crippen LogP contribution in [0.3, 0.4) is 0 Å². The highest BCUT2D eigenvalue weighted by Gasteiger charge is 2.12. The van der Waals surface area contributed by atoms with Crippen molar-refractivity contribution in [3.8, 4) is 5.75 Å². The molecule has 0 aliphatic rings. The Morgan fingerprint density at radius 2 is 1.58 bits per heavy atom. The van der Waals surface area contributed by atoms with Gasteiger partial charge in [0.15, 0.2) is 0 Å². The predicted octanol–water partition coefficient (Wildman–Crippen LogP) is 1.95. The fourth-order valence-electron chi connectivity index (χ4n) is 1.18. The summed E-state index contributed by atoms with van der Waals surface area (Å²) in [5.41, 5.74) is 0.632. The van der Waals surface area contributed by atoms with Crippen molar-refractivity contribution in [2.45, 2.75) is 6.61 Å². The minimum Gasteiger partial charge on any atom is -0.444 e. The van der Waals surface area contributed by atoms with Crippen LogP contribution in [-0.2, 0) is 11.3 Å². The third-order valence-corrected chi connectivity index (χ3v) is 2.25. The lowest BCUT2D eigenvalue weighted by atomic mass is 10.2. The van der Waals surface area contributed by atoms with Crippen LogP contribution in [0.25, 0.3) is 0 Å². The molecule has 2 amide bonds. The first kappa shape index (κ1) is 14.8. The molecule has 19 heavy (non-hydrogen) atoms. The van der Waals surface area contributed by atoms with Crippen molar-refractivity contribution in [3.63, 3.8) is 0 Å². The first-order valence-corrected chi connectivity index (χ1v) is 5.73. The Labute approximate surface area is 112 Å². The molecule has 0 saturated carbocycles. The Bertz CT molecular complexity index is 458. The SMILES string of the molecule is CN(C)C(=O)OCc1ccccc1OC(=O)N(C)C. The summed E-state index contributed by atoms with van der Waals surface area (Å²) in [5, 5.41) is 0. The zero-order valence-corrected chi connectivity index (χ0v) is 11.5. The minimum atomic E-state index is -0.480. The molecule has 0 spiro atoms. The molecule has 6 heteroatoms. The van der Waals surface area contributed by atoms with Crippen LogP contribution in [-0.4, -0.2) is 50.2 Å². The highest BCUT2D eigenvalue weighted by Crippen LogP contribution is 2.19. The number of hydrogen-bond donors (Lipinski definition) is 0. The lowest BCUT2D eigenvalue weighted by Crippen LogP contribution is -2.26. The summed E-state index contributed by atoms with van der Waals surface area (Å²) in [5.74, 6) is 0.382. The van der Waals surface area contributed by atoms with Gasteiger partial charge in [-0.2, -0.15) is 0 Å². The molecule has 0 aliphatic heterocycles. The number of carbonyl (C=O) groups excluding carboxylic acids is 2. The lowest BCUT2D eigenvalue weighted by Gasteiger charge is -2.15. The molecular weight excluding hydrogens is 248 g/mol. The van der Waals surface area contributed by atoms with Gasteiger partial charge in [0, 0.05) is 33.8 Å². The van der Waals surface area contributed by atoms with Crippen LogP contribution in [0.2, 0.25) is 0 Å². The van der Waals surface area contributed by atoms with Crippen molar-refractivity contribution in [1.82, 2.24) is 9.80 Å². The van der Waals surface area contributed by atoms with Crippen LogP contribution in [0, 0.1) is 0 Å². The smallest absolute Gasteiger partial charge is 0.414 e. The number of hydrogen-bond acceptors (Lipinski definition) is 4. The second-order valence-electron chi connectivity index (χ2n) is 4.32. The van der Waals surface area contributed by atoms with Gasteiger partial charge in [-0.15, -0.1) is 0 Å². The number of nitrogens with zero attached hydrogens (tertiary/aromatic N) is 2. The van der Waals surface area contributed by atoms with Gasteiger partial charge in [-0.1, -0.05) is 18.2 Å². The number of benzene rings is 1. The summed E-state index contributed by atoms with van der Waals surface area (Å²) in [7, 11) is 6.38. The average Bonchev–Trinajstić information content (AvgIpc) is 2.36. The van der Waals surface area contributed by atoms with Crippen LogP contribution in [0.15, 0.2) is 24.3 Å². The van der Waals surface area contributed by atoms with E-state index < -0.39 is 12.2 Å². The van der Waals surface area contributed by atoms with Crippen LogP contribution < -0.4 is 4.74 Å². The first-order valence-electron chi connectivity index (χ1n) is 5.73. The summed E-state index contributed by atoms with van der Waals surface area (Å²) in [6.07, 6.45) is -0.930. The fourth-order valence-corrected chi connectivity index (χ4v) is 1.18. The molecule has 0 heterocycles. The monoisotopic (exact) mass is 266 g/mol. The third kappa shape index (κ3) is 4.50. The number of para-hydroxylation sites is 1. The first-order chi connectivity index (χ1) is 8.91. The summed E-state index contributed by atoms with van der Waals surface area (Å²) in [4.78, 5) is 25.5. The van der Waals surface area contributed by atoms with Crippen molar-refractivity contribution in [1.29, 1.82) is 0 Å². The van der Waals surface area contributed by atoms with Crippen LogP contribution in [0.5, 0.6) is 5.75 Å². The standard InChI is InChI=1S/C13H18N2O4/c1-14(2)12(16)18-9-10-7-5-6-8-11(10)19-13(17)15(3)4/h5-8H,9H2,1-4H3. The normalized spacial score (nSPS) is 9.68. The average molecular weight is 266 g/mol. The van der Waals surface area contributed by atoms with Crippen LogP contribution >= 0.6 is 0 Å². The van der Waals surface area contributed by atoms with Crippen molar-refractivity contribution >= 4 is 12.2 Å². The second-order valence-corrected chi connectivity index (χ2v) is 4.32. The van der Waals surface area contributed by atoms with Crippen LogP contribution in [0.1, 0.15) is 5.56 Å². The van der Waals surface area contributed by atoms with E-state index in [9.17, 15) is 9.59 Å². The van der Waals surface area contributed by atoms with Crippen molar-refractivity contribution in [2.75, 3.05) is 28.2 Å². The summed E-state index contributed by atoms with van der Waals surface area (Å²) >= 11 is 0. The van der Waals surface area contributed by atoms with E-state index in [0.29, 0.717) is 11.3 Å². The third-order valence-electron chi connectivity index (χ3n) is 2.25. The van der Waals surface area contributed by atoms with E-state index in [1.54, 1.807) is 52.5 Å². The molecule has 6 nitrogen and oxygen atoms in total. The van der Waals surface area contributed by atoms with Crippen LogP contribution in [0.4, 0.5) is 9.59 Å². The molecule has 0 aliphatic carbocycles. The Balaban J connectivity index is 2.73. The number of carbonyl (C=O) groups is 2. The van der Waals surface area contributed by atoms with Gasteiger partial charge in [0.2, 0.25) is 0 Å². The molecular formula is C13H18N2O4. The molecule has 1 aromatic carbocycles. The van der Waals surface area contributed by atoms with E-state index in [0.717, 1.165) is 0 Å². The quantitative estimate of drug-likeness (QED) is 0.839. The zero-order valence-electron chi connectivity index (χ0n) is 11.5. The molecule has 1 rings (SSSR count). The Kier molecular flexibility index (Phi) is 5.17. The maximum absolute atomic E-state index is 11.5. The molecule has 0 fully saturated rings. The molecule has 104 valence electrons. The summed E-state index contributed by atoms with van der Waals surface area (Å²) in [6.45, 7) is 0.0495. The van der Waals surface area contributed by atoms with E-state index in [2.05, 4.69) is 0 Å². The molecule has 0 N–H and O–H groups in total. The second kappa shape index (κ2) is 6.63. The molecule has 1 aromatic rings. The zero-order chi connectivity index (χ0) is 14.4. The predicted molar refractivity (Wildman–Crippen MR) is 70.0 cm³/mol. The van der Waals surface area contributed by atoms with Gasteiger partial charge in [-0.05, 0) is 6.07 Å². The summed E-state index contributed by atoms with van der Waals surface area (Å²) < 4.78 is 10.2. The molecule has 0 aromatic heterocycles. The Morgan fingerprint density at radius 3 is 2.16 bits per heavy atom. The van der Waals surface area contributed by atoms with E-state index in [4.69, 9.17) is 9.47 Å². The molecule has 0 unspecified atom stereocenters. The van der Waals surface area contributed by atoms with Gasteiger partial charge >= 0.3 is 12.2 Å². The van der Waals surface area contributed by atoms with Crippen molar-refractivity contribution in [2.24, 2.45) is 0 Å². The minimum absolute atomic E-state index is 0.0495. The van der Waals surface area contributed by atoms with Gasteiger partial charge in [-0.3, -0.25) is 0 Å². The number of amides is 2. The van der Waals surface area contributed by atoms with Gasteiger partial charge in [0.25, 0.3) is 0 Å². The van der Waals surface area contributed by atoms with E-state index in [-0.39, 0.29) is 6.61 Å². The molecule has 0 bridgehead atoms. The van der Waals surface area contributed by atoms with E-state index in [1.165, 1.54) is 9.80 Å². The molecule has 0 atom stereocenters. The highest BCUT2D eigenvalue weighted by molar-refractivity contribution is 5.70. The van der Waals surface area contributed by atoms with Gasteiger partial charge in [0.1, 0.15) is 12.4 Å². The van der Waals surface area contributed by atoms with Crippen molar-refractivity contribution in [3.05, 3.63) is 29.8 Å². The topological polar surface area (TPSA) is 59.1 Å². The lowest BCUT2D eigenvalue weighted by molar-refractivity contribution is 0.111. The van der Waals surface area contributed by atoms with Gasteiger partial charge in [-0.25, -0.2) is 9.59 Å².